The molecule has 2 rings (SSSR count). The molecular formula is C18H23NO. The molecule has 0 bridgehead atoms. The zero-order valence-electron chi connectivity index (χ0n) is 12.6. The van der Waals surface area contributed by atoms with E-state index in [1.54, 1.807) is 0 Å². The van der Waals surface area contributed by atoms with Gasteiger partial charge in [0, 0.05) is 6.54 Å². The van der Waals surface area contributed by atoms with Crippen molar-refractivity contribution in [1.82, 2.24) is 5.32 Å². The predicted molar refractivity (Wildman–Crippen MR) is 84.1 cm³/mol. The standard InChI is InChI=1S/C18H23NO/c1-4-19-12-17-10-14(2)18(15(3)11-17)20-13-16-8-6-5-7-9-16/h5-11,19H,4,12-13H2,1-3H3. The summed E-state index contributed by atoms with van der Waals surface area (Å²) in [6.07, 6.45) is 0. The Balaban J connectivity index is 2.08. The SMILES string of the molecule is CCNCc1cc(C)c(OCc2ccccc2)c(C)c1. The summed E-state index contributed by atoms with van der Waals surface area (Å²) in [5, 5.41) is 3.36. The zero-order chi connectivity index (χ0) is 14.4. The molecule has 2 nitrogen and oxygen atoms in total. The van der Waals surface area contributed by atoms with Crippen LogP contribution in [0, 0.1) is 13.8 Å². The quantitative estimate of drug-likeness (QED) is 0.856. The van der Waals surface area contributed by atoms with Gasteiger partial charge >= 0.3 is 0 Å². The molecule has 2 aromatic rings. The largest absolute Gasteiger partial charge is 0.488 e. The number of hydrogen-bond donors (Lipinski definition) is 1. The second-order valence-electron chi connectivity index (χ2n) is 5.11. The van der Waals surface area contributed by atoms with Gasteiger partial charge in [-0.05, 0) is 42.6 Å². The second kappa shape index (κ2) is 7.11. The highest BCUT2D eigenvalue weighted by Crippen LogP contribution is 2.25. The van der Waals surface area contributed by atoms with Gasteiger partial charge in [0.25, 0.3) is 0 Å². The van der Waals surface area contributed by atoms with Gasteiger partial charge in [-0.2, -0.15) is 0 Å². The molecule has 1 N–H and O–H groups in total. The van der Waals surface area contributed by atoms with Crippen molar-refractivity contribution in [3.05, 3.63) is 64.7 Å². The van der Waals surface area contributed by atoms with Crippen LogP contribution in [0.5, 0.6) is 5.75 Å². The molecule has 0 fully saturated rings. The van der Waals surface area contributed by atoms with E-state index in [0.29, 0.717) is 6.61 Å². The zero-order valence-corrected chi connectivity index (χ0v) is 12.6. The number of nitrogens with one attached hydrogen (secondary N) is 1. The van der Waals surface area contributed by atoms with E-state index in [2.05, 4.69) is 50.4 Å². The van der Waals surface area contributed by atoms with Crippen molar-refractivity contribution in [3.63, 3.8) is 0 Å². The van der Waals surface area contributed by atoms with Crippen molar-refractivity contribution in [2.45, 2.75) is 33.9 Å². The monoisotopic (exact) mass is 269 g/mol. The molecule has 0 saturated carbocycles. The van der Waals surface area contributed by atoms with Gasteiger partial charge in [-0.1, -0.05) is 49.4 Å². The van der Waals surface area contributed by atoms with Crippen LogP contribution in [-0.2, 0) is 13.2 Å². The van der Waals surface area contributed by atoms with Gasteiger partial charge in [0.15, 0.2) is 0 Å². The minimum absolute atomic E-state index is 0.620. The third-order valence-electron chi connectivity index (χ3n) is 3.33. The third kappa shape index (κ3) is 3.84. The highest BCUT2D eigenvalue weighted by molar-refractivity contribution is 5.43. The van der Waals surface area contributed by atoms with Gasteiger partial charge < -0.3 is 10.1 Å². The fourth-order valence-corrected chi connectivity index (χ4v) is 2.37. The van der Waals surface area contributed by atoms with Crippen LogP contribution in [0.3, 0.4) is 0 Å². The molecule has 0 radical (unpaired) electrons. The van der Waals surface area contributed by atoms with Crippen LogP contribution in [0.15, 0.2) is 42.5 Å². The minimum Gasteiger partial charge on any atom is -0.488 e. The topological polar surface area (TPSA) is 21.3 Å². The Labute approximate surface area is 121 Å². The summed E-state index contributed by atoms with van der Waals surface area (Å²) >= 11 is 0. The van der Waals surface area contributed by atoms with E-state index >= 15 is 0 Å². The number of ether oxygens (including phenoxy) is 1. The van der Waals surface area contributed by atoms with Crippen molar-refractivity contribution < 1.29 is 4.74 Å². The Morgan fingerprint density at radius 1 is 0.950 bits per heavy atom. The lowest BCUT2D eigenvalue weighted by Crippen LogP contribution is -2.12. The van der Waals surface area contributed by atoms with Gasteiger partial charge in [0.1, 0.15) is 12.4 Å². The number of aryl methyl sites for hydroxylation is 2. The van der Waals surface area contributed by atoms with Crippen LogP contribution in [0.25, 0.3) is 0 Å². The molecular weight excluding hydrogens is 246 g/mol. The van der Waals surface area contributed by atoms with E-state index in [9.17, 15) is 0 Å². The van der Waals surface area contributed by atoms with Gasteiger partial charge in [-0.15, -0.1) is 0 Å². The first-order valence-electron chi connectivity index (χ1n) is 7.18. The second-order valence-corrected chi connectivity index (χ2v) is 5.11. The van der Waals surface area contributed by atoms with Gasteiger partial charge in [0.05, 0.1) is 0 Å². The van der Waals surface area contributed by atoms with Crippen molar-refractivity contribution in [2.24, 2.45) is 0 Å². The highest BCUT2D eigenvalue weighted by atomic mass is 16.5. The maximum absolute atomic E-state index is 5.99. The molecule has 0 saturated heterocycles. The fraction of sp³-hybridized carbons (Fsp3) is 0.333. The predicted octanol–water partition coefficient (Wildman–Crippen LogP) is 3.99. The summed E-state index contributed by atoms with van der Waals surface area (Å²) in [4.78, 5) is 0. The molecule has 0 aliphatic carbocycles. The Hall–Kier alpha value is -1.80. The Morgan fingerprint density at radius 3 is 2.20 bits per heavy atom. The lowest BCUT2D eigenvalue weighted by atomic mass is 10.1. The highest BCUT2D eigenvalue weighted by Gasteiger charge is 2.06. The number of hydrogen-bond acceptors (Lipinski definition) is 2. The van der Waals surface area contributed by atoms with Crippen molar-refractivity contribution in [1.29, 1.82) is 0 Å². The first-order chi connectivity index (χ1) is 9.70. The van der Waals surface area contributed by atoms with E-state index in [4.69, 9.17) is 4.74 Å². The van der Waals surface area contributed by atoms with Crippen LogP contribution >= 0.6 is 0 Å². The fourth-order valence-electron chi connectivity index (χ4n) is 2.37. The van der Waals surface area contributed by atoms with E-state index < -0.39 is 0 Å². The molecule has 0 aromatic heterocycles. The molecule has 0 unspecified atom stereocenters. The molecule has 2 heteroatoms. The van der Waals surface area contributed by atoms with Crippen LogP contribution < -0.4 is 10.1 Å². The molecule has 0 aliphatic rings. The molecule has 0 spiro atoms. The molecule has 0 heterocycles. The summed E-state index contributed by atoms with van der Waals surface area (Å²) < 4.78 is 5.99. The number of rotatable bonds is 6. The summed E-state index contributed by atoms with van der Waals surface area (Å²) in [6.45, 7) is 8.87. The Kier molecular flexibility index (Phi) is 5.19. The average Bonchev–Trinajstić information content (AvgIpc) is 2.45. The summed E-state index contributed by atoms with van der Waals surface area (Å²) in [5.41, 5.74) is 4.92. The van der Waals surface area contributed by atoms with E-state index in [0.717, 1.165) is 18.8 Å². The number of benzene rings is 2. The average molecular weight is 269 g/mol. The Bertz CT molecular complexity index is 526. The van der Waals surface area contributed by atoms with Gasteiger partial charge in [0.2, 0.25) is 0 Å². The van der Waals surface area contributed by atoms with Gasteiger partial charge in [-0.3, -0.25) is 0 Å². The first kappa shape index (κ1) is 14.6. The maximum Gasteiger partial charge on any atom is 0.125 e. The summed E-state index contributed by atoms with van der Waals surface area (Å²) in [6, 6.07) is 14.7. The first-order valence-corrected chi connectivity index (χ1v) is 7.18. The van der Waals surface area contributed by atoms with E-state index in [-0.39, 0.29) is 0 Å². The van der Waals surface area contributed by atoms with Crippen molar-refractivity contribution >= 4 is 0 Å². The smallest absolute Gasteiger partial charge is 0.125 e. The molecule has 106 valence electrons. The lowest BCUT2D eigenvalue weighted by molar-refractivity contribution is 0.302. The van der Waals surface area contributed by atoms with Crippen molar-refractivity contribution in [3.8, 4) is 5.75 Å². The normalized spacial score (nSPS) is 10.6. The molecule has 20 heavy (non-hydrogen) atoms. The minimum atomic E-state index is 0.620. The maximum atomic E-state index is 5.99. The molecule has 2 aromatic carbocycles. The van der Waals surface area contributed by atoms with Crippen LogP contribution in [0.1, 0.15) is 29.2 Å². The summed E-state index contributed by atoms with van der Waals surface area (Å²) in [7, 11) is 0. The molecule has 0 aliphatic heterocycles. The van der Waals surface area contributed by atoms with Crippen LogP contribution in [-0.4, -0.2) is 6.54 Å². The summed E-state index contributed by atoms with van der Waals surface area (Å²) in [5.74, 6) is 1.01. The van der Waals surface area contributed by atoms with E-state index in [1.165, 1.54) is 22.3 Å². The Morgan fingerprint density at radius 2 is 1.60 bits per heavy atom. The van der Waals surface area contributed by atoms with Crippen LogP contribution in [0.4, 0.5) is 0 Å². The van der Waals surface area contributed by atoms with Crippen LogP contribution in [0.2, 0.25) is 0 Å². The molecule has 0 amide bonds. The molecule has 0 atom stereocenters. The third-order valence-corrected chi connectivity index (χ3v) is 3.33. The lowest BCUT2D eigenvalue weighted by Gasteiger charge is -2.14. The van der Waals surface area contributed by atoms with Gasteiger partial charge in [-0.25, -0.2) is 0 Å². The van der Waals surface area contributed by atoms with Crippen molar-refractivity contribution in [2.75, 3.05) is 6.54 Å². The van der Waals surface area contributed by atoms with E-state index in [1.807, 2.05) is 18.2 Å².